The highest BCUT2D eigenvalue weighted by molar-refractivity contribution is 5.76. The number of aliphatic hydroxyl groups excluding tert-OH is 2. The number of allylic oxidation sites excluding steroid dienone is 1. The van der Waals surface area contributed by atoms with Crippen molar-refractivity contribution in [2.45, 2.75) is 244 Å². The van der Waals surface area contributed by atoms with Crippen molar-refractivity contribution >= 4 is 5.91 Å². The third-order valence-electron chi connectivity index (χ3n) is 9.77. The molecule has 0 aliphatic heterocycles. The number of unbranched alkanes of at least 4 members (excludes halogenated alkanes) is 31. The predicted molar refractivity (Wildman–Crippen MR) is 202 cm³/mol. The average molecular weight is 650 g/mol. The van der Waals surface area contributed by atoms with Crippen LogP contribution in [0.4, 0.5) is 0 Å². The molecule has 0 spiro atoms. The van der Waals surface area contributed by atoms with E-state index in [9.17, 15) is 15.0 Å². The van der Waals surface area contributed by atoms with E-state index in [1.54, 1.807) is 6.08 Å². The Balaban J connectivity index is 3.55. The van der Waals surface area contributed by atoms with Gasteiger partial charge in [-0.25, -0.2) is 0 Å². The van der Waals surface area contributed by atoms with E-state index in [4.69, 9.17) is 0 Å². The van der Waals surface area contributed by atoms with Crippen molar-refractivity contribution in [3.63, 3.8) is 0 Å². The van der Waals surface area contributed by atoms with Crippen LogP contribution in [0.1, 0.15) is 232 Å². The van der Waals surface area contributed by atoms with Gasteiger partial charge in [-0.05, 0) is 19.3 Å². The molecule has 1 amide bonds. The zero-order valence-corrected chi connectivity index (χ0v) is 31.4. The van der Waals surface area contributed by atoms with Crippen LogP contribution in [0.2, 0.25) is 0 Å². The molecule has 0 rings (SSSR count). The monoisotopic (exact) mass is 650 g/mol. The van der Waals surface area contributed by atoms with Crippen molar-refractivity contribution in [3.05, 3.63) is 12.2 Å². The van der Waals surface area contributed by atoms with Gasteiger partial charge in [0, 0.05) is 6.42 Å². The summed E-state index contributed by atoms with van der Waals surface area (Å²) in [7, 11) is 0. The number of amides is 1. The van der Waals surface area contributed by atoms with E-state index in [0.717, 1.165) is 25.7 Å². The zero-order valence-electron chi connectivity index (χ0n) is 31.4. The van der Waals surface area contributed by atoms with E-state index in [-0.39, 0.29) is 12.5 Å². The lowest BCUT2D eigenvalue weighted by Crippen LogP contribution is -2.45. The molecule has 0 aliphatic rings. The topological polar surface area (TPSA) is 69.6 Å². The second-order valence-corrected chi connectivity index (χ2v) is 14.4. The first kappa shape index (κ1) is 45.1. The number of carbonyl (C=O) groups is 1. The summed E-state index contributed by atoms with van der Waals surface area (Å²) in [6, 6.07) is -0.615. The lowest BCUT2D eigenvalue weighted by atomic mass is 10.0. The molecule has 0 aromatic rings. The molecule has 0 aromatic heterocycles. The van der Waals surface area contributed by atoms with Gasteiger partial charge in [0.2, 0.25) is 5.91 Å². The SMILES string of the molecule is CCCCCCCCCCCCCCCCCCC/C=C/C(O)C(CO)NC(=O)CCCCCCCCCCCCCCCCC. The highest BCUT2D eigenvalue weighted by Crippen LogP contribution is 2.16. The molecule has 3 N–H and O–H groups in total. The van der Waals surface area contributed by atoms with Crippen LogP contribution in [0.25, 0.3) is 0 Å². The molecule has 0 heterocycles. The third-order valence-corrected chi connectivity index (χ3v) is 9.77. The molecule has 0 saturated heterocycles. The van der Waals surface area contributed by atoms with Crippen molar-refractivity contribution in [3.8, 4) is 0 Å². The zero-order chi connectivity index (χ0) is 33.6. The molecule has 4 nitrogen and oxygen atoms in total. The van der Waals surface area contributed by atoms with Gasteiger partial charge in [-0.15, -0.1) is 0 Å². The summed E-state index contributed by atoms with van der Waals surface area (Å²) in [5, 5.41) is 23.0. The summed E-state index contributed by atoms with van der Waals surface area (Å²) in [4.78, 5) is 12.3. The van der Waals surface area contributed by atoms with Gasteiger partial charge in [0.15, 0.2) is 0 Å². The van der Waals surface area contributed by atoms with Crippen LogP contribution in [0.5, 0.6) is 0 Å². The van der Waals surface area contributed by atoms with Gasteiger partial charge in [-0.3, -0.25) is 4.79 Å². The maximum atomic E-state index is 12.3. The van der Waals surface area contributed by atoms with Gasteiger partial charge in [0.1, 0.15) is 0 Å². The summed E-state index contributed by atoms with van der Waals surface area (Å²) >= 11 is 0. The Bertz CT molecular complexity index is 622. The fourth-order valence-electron chi connectivity index (χ4n) is 6.53. The predicted octanol–water partition coefficient (Wildman–Crippen LogP) is 12.7. The number of nitrogens with one attached hydrogen (secondary N) is 1. The third kappa shape index (κ3) is 34.5. The van der Waals surface area contributed by atoms with Crippen LogP contribution in [0, 0.1) is 0 Å². The summed E-state index contributed by atoms with van der Waals surface area (Å²) in [6.07, 6.45) is 47.4. The van der Waals surface area contributed by atoms with Crippen molar-refractivity contribution in [1.29, 1.82) is 0 Å². The summed E-state index contributed by atoms with van der Waals surface area (Å²) < 4.78 is 0. The summed E-state index contributed by atoms with van der Waals surface area (Å²) in [5.74, 6) is -0.0608. The Morgan fingerprint density at radius 1 is 0.500 bits per heavy atom. The molecule has 0 bridgehead atoms. The fourth-order valence-corrected chi connectivity index (χ4v) is 6.53. The number of hydrogen-bond donors (Lipinski definition) is 3. The second kappa shape index (κ2) is 38.6. The van der Waals surface area contributed by atoms with E-state index in [1.807, 2.05) is 6.08 Å². The van der Waals surface area contributed by atoms with Crippen LogP contribution in [0.3, 0.4) is 0 Å². The van der Waals surface area contributed by atoms with E-state index in [1.165, 1.54) is 186 Å². The largest absolute Gasteiger partial charge is 0.394 e. The van der Waals surface area contributed by atoms with Crippen molar-refractivity contribution in [1.82, 2.24) is 5.32 Å². The Morgan fingerprint density at radius 3 is 1.13 bits per heavy atom. The minimum Gasteiger partial charge on any atom is -0.394 e. The number of hydrogen-bond acceptors (Lipinski definition) is 3. The number of carbonyl (C=O) groups excluding carboxylic acids is 1. The van der Waals surface area contributed by atoms with Gasteiger partial charge in [0.05, 0.1) is 18.8 Å². The lowest BCUT2D eigenvalue weighted by Gasteiger charge is -2.20. The molecular weight excluding hydrogens is 566 g/mol. The van der Waals surface area contributed by atoms with Gasteiger partial charge < -0.3 is 15.5 Å². The van der Waals surface area contributed by atoms with Crippen LogP contribution in [-0.4, -0.2) is 34.9 Å². The first-order valence-electron chi connectivity index (χ1n) is 20.9. The molecule has 0 fully saturated rings. The molecule has 0 aromatic carbocycles. The molecule has 274 valence electrons. The van der Waals surface area contributed by atoms with E-state index >= 15 is 0 Å². The van der Waals surface area contributed by atoms with E-state index in [2.05, 4.69) is 19.2 Å². The van der Waals surface area contributed by atoms with Crippen LogP contribution in [-0.2, 0) is 4.79 Å². The van der Waals surface area contributed by atoms with Crippen LogP contribution >= 0.6 is 0 Å². The standard InChI is InChI=1S/C42H83NO3/c1-3-5-7-9-11-13-15-17-19-20-21-22-24-25-27-29-31-33-35-37-41(45)40(39-44)43-42(46)38-36-34-32-30-28-26-23-18-16-14-12-10-8-6-4-2/h35,37,40-41,44-45H,3-34,36,38-39H2,1-2H3,(H,43,46)/b37-35+. The smallest absolute Gasteiger partial charge is 0.220 e. The second-order valence-electron chi connectivity index (χ2n) is 14.4. The Morgan fingerprint density at radius 2 is 0.804 bits per heavy atom. The van der Waals surface area contributed by atoms with Gasteiger partial charge in [0.25, 0.3) is 0 Å². The van der Waals surface area contributed by atoms with Crippen molar-refractivity contribution in [2.75, 3.05) is 6.61 Å². The lowest BCUT2D eigenvalue weighted by molar-refractivity contribution is -0.123. The summed E-state index contributed by atoms with van der Waals surface area (Å²) in [5.41, 5.74) is 0. The molecule has 46 heavy (non-hydrogen) atoms. The van der Waals surface area contributed by atoms with Crippen molar-refractivity contribution in [2.24, 2.45) is 0 Å². The highest BCUT2D eigenvalue weighted by atomic mass is 16.3. The average Bonchev–Trinajstić information content (AvgIpc) is 3.06. The molecule has 2 unspecified atom stereocenters. The highest BCUT2D eigenvalue weighted by Gasteiger charge is 2.17. The Kier molecular flexibility index (Phi) is 37.8. The summed E-state index contributed by atoms with van der Waals surface area (Å²) in [6.45, 7) is 4.32. The minimum absolute atomic E-state index is 0.0608. The number of aliphatic hydroxyl groups is 2. The molecular formula is C42H83NO3. The normalized spacial score (nSPS) is 13.0. The Labute approximate surface area is 288 Å². The molecule has 4 heteroatoms. The molecule has 0 saturated carbocycles. The van der Waals surface area contributed by atoms with Gasteiger partial charge in [-0.2, -0.15) is 0 Å². The van der Waals surface area contributed by atoms with E-state index in [0.29, 0.717) is 6.42 Å². The maximum Gasteiger partial charge on any atom is 0.220 e. The minimum atomic E-state index is -0.833. The fraction of sp³-hybridized carbons (Fsp3) is 0.929. The van der Waals surface area contributed by atoms with Crippen LogP contribution < -0.4 is 5.32 Å². The first-order chi connectivity index (χ1) is 22.7. The molecule has 0 aliphatic carbocycles. The van der Waals surface area contributed by atoms with Gasteiger partial charge in [-0.1, -0.05) is 219 Å². The van der Waals surface area contributed by atoms with Crippen LogP contribution in [0.15, 0.2) is 12.2 Å². The molecule has 0 radical (unpaired) electrons. The quantitative estimate of drug-likeness (QED) is 0.0460. The number of rotatable bonds is 38. The van der Waals surface area contributed by atoms with E-state index < -0.39 is 12.1 Å². The maximum absolute atomic E-state index is 12.3. The Hall–Kier alpha value is -0.870. The first-order valence-corrected chi connectivity index (χ1v) is 20.9. The van der Waals surface area contributed by atoms with Gasteiger partial charge >= 0.3 is 0 Å². The molecule has 2 atom stereocenters. The van der Waals surface area contributed by atoms with Crippen molar-refractivity contribution < 1.29 is 15.0 Å².